The van der Waals surface area contributed by atoms with E-state index in [1.54, 1.807) is 6.07 Å². The first-order valence-electron chi connectivity index (χ1n) is 6.09. The van der Waals surface area contributed by atoms with Gasteiger partial charge in [-0.3, -0.25) is 0 Å². The number of aliphatic hydroxyl groups is 1. The molecule has 0 saturated heterocycles. The van der Waals surface area contributed by atoms with E-state index in [2.05, 4.69) is 0 Å². The third kappa shape index (κ3) is 4.83. The lowest BCUT2D eigenvalue weighted by atomic mass is 10.00. The Labute approximate surface area is 132 Å². The molecule has 12 heteroatoms. The summed E-state index contributed by atoms with van der Waals surface area (Å²) in [7, 11) is -4.78. The van der Waals surface area contributed by atoms with Crippen molar-refractivity contribution in [1.29, 1.82) is 5.26 Å². The van der Waals surface area contributed by atoms with Crippen LogP contribution in [0.5, 0.6) is 0 Å². The number of alkyl halides is 6. The number of nitriles is 1. The highest BCUT2D eigenvalue weighted by atomic mass is 32.2. The zero-order chi connectivity index (χ0) is 18.8. The Kier molecular flexibility index (Phi) is 5.86. The van der Waals surface area contributed by atoms with Crippen LogP contribution in [0.2, 0.25) is 0 Å². The van der Waals surface area contributed by atoms with Crippen molar-refractivity contribution in [3.8, 4) is 6.07 Å². The molecule has 0 aliphatic carbocycles. The van der Waals surface area contributed by atoms with Crippen LogP contribution in [-0.2, 0) is 10.0 Å². The van der Waals surface area contributed by atoms with E-state index in [1.807, 2.05) is 0 Å². The Morgan fingerprint density at radius 3 is 1.88 bits per heavy atom. The van der Waals surface area contributed by atoms with Crippen molar-refractivity contribution in [3.05, 3.63) is 29.8 Å². The second-order valence-corrected chi connectivity index (χ2v) is 6.32. The first kappa shape index (κ1) is 20.2. The van der Waals surface area contributed by atoms with Crippen LogP contribution >= 0.6 is 0 Å². The summed E-state index contributed by atoms with van der Waals surface area (Å²) in [5.41, 5.74) is 0.0381. The fraction of sp³-hybridized carbons (Fsp3) is 0.417. The third-order valence-corrected chi connectivity index (χ3v) is 4.41. The van der Waals surface area contributed by atoms with E-state index in [1.165, 1.54) is 4.72 Å². The van der Waals surface area contributed by atoms with E-state index < -0.39 is 45.8 Å². The van der Waals surface area contributed by atoms with Gasteiger partial charge in [0.25, 0.3) is 0 Å². The van der Waals surface area contributed by atoms with Crippen molar-refractivity contribution in [1.82, 2.24) is 4.72 Å². The Balaban J connectivity index is 3.19. The summed E-state index contributed by atoms with van der Waals surface area (Å²) < 4.78 is 101. The zero-order valence-electron chi connectivity index (χ0n) is 11.6. The van der Waals surface area contributed by atoms with Gasteiger partial charge in [0.05, 0.1) is 29.2 Å². The monoisotopic (exact) mass is 376 g/mol. The van der Waals surface area contributed by atoms with Gasteiger partial charge in [-0.15, -0.1) is 0 Å². The van der Waals surface area contributed by atoms with Gasteiger partial charge >= 0.3 is 12.4 Å². The molecule has 2 N–H and O–H groups in total. The number of aliphatic hydroxyl groups excluding tert-OH is 1. The van der Waals surface area contributed by atoms with Crippen LogP contribution in [0.4, 0.5) is 26.3 Å². The molecular formula is C12H10F6N2O3S. The largest absolute Gasteiger partial charge is 0.402 e. The maximum atomic E-state index is 12.6. The van der Waals surface area contributed by atoms with Crippen LogP contribution in [0.25, 0.3) is 0 Å². The molecule has 134 valence electrons. The van der Waals surface area contributed by atoms with E-state index in [4.69, 9.17) is 10.4 Å². The Hall–Kier alpha value is -1.84. The lowest BCUT2D eigenvalue weighted by molar-refractivity contribution is -0.292. The molecular weight excluding hydrogens is 366 g/mol. The van der Waals surface area contributed by atoms with Gasteiger partial charge in [-0.05, 0) is 24.3 Å². The smallest absolute Gasteiger partial charge is 0.395 e. The molecule has 0 saturated carbocycles. The maximum Gasteiger partial charge on any atom is 0.402 e. The second-order valence-electron chi connectivity index (χ2n) is 4.61. The number of hydrogen-bond donors (Lipinski definition) is 2. The van der Waals surface area contributed by atoms with Crippen molar-refractivity contribution in [2.45, 2.75) is 23.3 Å². The summed E-state index contributed by atoms with van der Waals surface area (Å²) in [5, 5.41) is 17.4. The van der Waals surface area contributed by atoms with Crippen LogP contribution in [0.3, 0.4) is 0 Å². The molecule has 0 amide bonds. The number of nitrogens with one attached hydrogen (secondary N) is 1. The Bertz CT molecular complexity index is 692. The van der Waals surface area contributed by atoms with E-state index in [9.17, 15) is 34.8 Å². The minimum absolute atomic E-state index is 0.0381. The quantitative estimate of drug-likeness (QED) is 0.769. The van der Waals surface area contributed by atoms with Crippen LogP contribution in [0.1, 0.15) is 5.56 Å². The highest BCUT2D eigenvalue weighted by Gasteiger charge is 2.60. The number of benzene rings is 1. The van der Waals surface area contributed by atoms with Crippen molar-refractivity contribution < 1.29 is 39.9 Å². The molecule has 0 heterocycles. The van der Waals surface area contributed by atoms with Crippen molar-refractivity contribution in [2.75, 3.05) is 6.61 Å². The molecule has 1 unspecified atom stereocenters. The average Bonchev–Trinajstić information content (AvgIpc) is 2.43. The minimum Gasteiger partial charge on any atom is -0.395 e. The topological polar surface area (TPSA) is 90.2 Å². The first-order chi connectivity index (χ1) is 10.8. The van der Waals surface area contributed by atoms with E-state index in [0.717, 1.165) is 24.3 Å². The van der Waals surface area contributed by atoms with Crippen LogP contribution in [0, 0.1) is 17.2 Å². The maximum absolute atomic E-state index is 12.6. The third-order valence-electron chi connectivity index (χ3n) is 2.90. The van der Waals surface area contributed by atoms with Crippen molar-refractivity contribution in [3.63, 3.8) is 0 Å². The summed E-state index contributed by atoms with van der Waals surface area (Å²) in [5.74, 6) is -4.08. The number of hydrogen-bond acceptors (Lipinski definition) is 4. The highest BCUT2D eigenvalue weighted by molar-refractivity contribution is 7.89. The zero-order valence-corrected chi connectivity index (χ0v) is 12.4. The second kappa shape index (κ2) is 6.96. The predicted molar refractivity (Wildman–Crippen MR) is 68.0 cm³/mol. The van der Waals surface area contributed by atoms with Crippen LogP contribution in [-0.4, -0.2) is 38.5 Å². The molecule has 0 aliphatic rings. The van der Waals surface area contributed by atoms with E-state index in [0.29, 0.717) is 0 Å². The molecule has 0 aromatic heterocycles. The normalized spacial score (nSPS) is 14.5. The van der Waals surface area contributed by atoms with Gasteiger partial charge in [0.1, 0.15) is 0 Å². The van der Waals surface area contributed by atoms with E-state index in [-0.39, 0.29) is 5.56 Å². The number of nitrogens with zero attached hydrogens (tertiary/aromatic N) is 1. The highest BCUT2D eigenvalue weighted by Crippen LogP contribution is 2.41. The van der Waals surface area contributed by atoms with Crippen LogP contribution in [0.15, 0.2) is 29.2 Å². The van der Waals surface area contributed by atoms with Crippen molar-refractivity contribution >= 4 is 10.0 Å². The average molecular weight is 376 g/mol. The molecule has 0 bridgehead atoms. The Morgan fingerprint density at radius 2 is 1.54 bits per heavy atom. The number of sulfonamides is 1. The number of rotatable bonds is 5. The Morgan fingerprint density at radius 1 is 1.08 bits per heavy atom. The van der Waals surface area contributed by atoms with Gasteiger partial charge < -0.3 is 5.11 Å². The molecule has 0 radical (unpaired) electrons. The van der Waals surface area contributed by atoms with Gasteiger partial charge in [0.2, 0.25) is 10.0 Å². The summed E-state index contributed by atoms with van der Waals surface area (Å²) in [6.45, 7) is -1.72. The van der Waals surface area contributed by atoms with Crippen molar-refractivity contribution in [2.24, 2.45) is 5.92 Å². The van der Waals surface area contributed by atoms with Gasteiger partial charge in [-0.1, -0.05) is 0 Å². The van der Waals surface area contributed by atoms with Crippen LogP contribution < -0.4 is 4.72 Å². The SMILES string of the molecule is N#Cc1ccc(S(=O)(=O)NC(CO)C(C(F)(F)F)C(F)(F)F)cc1. The van der Waals surface area contributed by atoms with E-state index >= 15 is 0 Å². The summed E-state index contributed by atoms with van der Waals surface area (Å²) in [4.78, 5) is -0.650. The van der Waals surface area contributed by atoms with Gasteiger partial charge in [0.15, 0.2) is 5.92 Å². The molecule has 0 fully saturated rings. The first-order valence-corrected chi connectivity index (χ1v) is 7.58. The standard InChI is InChI=1S/C12H10F6N2O3S/c13-11(14,15)10(12(16,17)18)9(6-21)20-24(22,23)8-3-1-7(5-19)2-4-8/h1-4,9-10,20-21H,6H2. The van der Waals surface area contributed by atoms with Gasteiger partial charge in [-0.25, -0.2) is 13.1 Å². The van der Waals surface area contributed by atoms with Gasteiger partial charge in [-0.2, -0.15) is 31.6 Å². The number of halogens is 6. The summed E-state index contributed by atoms with van der Waals surface area (Å²) >= 11 is 0. The molecule has 1 atom stereocenters. The molecule has 0 spiro atoms. The fourth-order valence-corrected chi connectivity index (χ4v) is 3.07. The van der Waals surface area contributed by atoms with Gasteiger partial charge in [0, 0.05) is 0 Å². The minimum atomic E-state index is -5.82. The lowest BCUT2D eigenvalue weighted by Gasteiger charge is -2.29. The molecule has 24 heavy (non-hydrogen) atoms. The molecule has 1 aromatic carbocycles. The molecule has 1 rings (SSSR count). The molecule has 1 aromatic rings. The molecule has 0 aliphatic heterocycles. The molecule has 5 nitrogen and oxygen atoms in total. The predicted octanol–water partition coefficient (Wildman–Crippen LogP) is 1.94. The summed E-state index contributed by atoms with van der Waals surface area (Å²) in [6, 6.07) is 2.53. The summed E-state index contributed by atoms with van der Waals surface area (Å²) in [6.07, 6.45) is -11.6. The lowest BCUT2D eigenvalue weighted by Crippen LogP contribution is -2.54. The fourth-order valence-electron chi connectivity index (χ4n) is 1.83.